The molecule has 19 heavy (non-hydrogen) atoms. The first-order valence-corrected chi connectivity index (χ1v) is 8.02. The Labute approximate surface area is 117 Å². The number of fused-ring (bicyclic) bond motifs is 2. The number of hydrogen-bond donors (Lipinski definition) is 1. The number of thiophene rings is 1. The molecule has 1 saturated carbocycles. The molecule has 0 spiro atoms. The van der Waals surface area contributed by atoms with Crippen molar-refractivity contribution in [2.24, 2.45) is 17.6 Å². The number of aromatic nitrogens is 1. The Bertz CT molecular complexity index is 594. The van der Waals surface area contributed by atoms with Crippen LogP contribution >= 0.6 is 11.3 Å². The second-order valence-corrected chi connectivity index (χ2v) is 6.91. The molecule has 2 aromatic heterocycles. The normalized spacial score (nSPS) is 30.8. The molecule has 100 valence electrons. The zero-order valence-corrected chi connectivity index (χ0v) is 11.8. The van der Waals surface area contributed by atoms with E-state index in [9.17, 15) is 0 Å². The van der Waals surface area contributed by atoms with Crippen LogP contribution in [0.3, 0.4) is 0 Å². The van der Waals surface area contributed by atoms with Gasteiger partial charge in [-0.1, -0.05) is 0 Å². The summed E-state index contributed by atoms with van der Waals surface area (Å²) >= 11 is 1.80. The second kappa shape index (κ2) is 4.46. The van der Waals surface area contributed by atoms with Gasteiger partial charge in [-0.15, -0.1) is 11.3 Å². The number of rotatable bonds is 1. The third kappa shape index (κ3) is 1.94. The molecular weight excluding hydrogens is 254 g/mol. The van der Waals surface area contributed by atoms with Crippen molar-refractivity contribution in [3.05, 3.63) is 23.7 Å². The molecule has 4 heteroatoms. The van der Waals surface area contributed by atoms with Crippen molar-refractivity contribution in [1.82, 2.24) is 4.98 Å². The van der Waals surface area contributed by atoms with E-state index in [0.717, 1.165) is 18.4 Å². The first-order chi connectivity index (χ1) is 9.31. The van der Waals surface area contributed by atoms with E-state index in [1.54, 1.807) is 11.3 Å². The highest BCUT2D eigenvalue weighted by molar-refractivity contribution is 7.17. The van der Waals surface area contributed by atoms with E-state index in [-0.39, 0.29) is 0 Å². The summed E-state index contributed by atoms with van der Waals surface area (Å²) in [5.74, 6) is 2.79. The van der Waals surface area contributed by atoms with E-state index >= 15 is 0 Å². The van der Waals surface area contributed by atoms with Crippen LogP contribution in [0, 0.1) is 11.8 Å². The highest BCUT2D eigenvalue weighted by Gasteiger charge is 2.37. The minimum absolute atomic E-state index is 0.422. The van der Waals surface area contributed by atoms with Gasteiger partial charge in [0.05, 0.1) is 0 Å². The highest BCUT2D eigenvalue weighted by atomic mass is 32.1. The lowest BCUT2D eigenvalue weighted by Crippen LogP contribution is -2.32. The molecule has 4 rings (SSSR count). The number of nitrogens with two attached hydrogens (primary N) is 1. The minimum atomic E-state index is 0.422. The lowest BCUT2D eigenvalue weighted by atomic mass is 9.79. The number of anilines is 1. The summed E-state index contributed by atoms with van der Waals surface area (Å²) in [7, 11) is 0. The molecule has 2 aromatic rings. The Morgan fingerprint density at radius 2 is 2.11 bits per heavy atom. The Kier molecular flexibility index (Phi) is 2.74. The van der Waals surface area contributed by atoms with E-state index in [0.29, 0.717) is 6.04 Å². The van der Waals surface area contributed by atoms with E-state index in [4.69, 9.17) is 5.73 Å². The molecule has 0 aromatic carbocycles. The van der Waals surface area contributed by atoms with Gasteiger partial charge in [0.15, 0.2) is 0 Å². The maximum atomic E-state index is 6.12. The molecule has 3 atom stereocenters. The summed E-state index contributed by atoms with van der Waals surface area (Å²) in [5.41, 5.74) is 6.12. The summed E-state index contributed by atoms with van der Waals surface area (Å²) in [4.78, 5) is 7.13. The first-order valence-electron chi connectivity index (χ1n) is 7.14. The summed E-state index contributed by atoms with van der Waals surface area (Å²) in [5, 5.41) is 3.48. The van der Waals surface area contributed by atoms with Gasteiger partial charge in [0.1, 0.15) is 5.82 Å². The van der Waals surface area contributed by atoms with Gasteiger partial charge in [-0.25, -0.2) is 4.98 Å². The first kappa shape index (κ1) is 11.7. The van der Waals surface area contributed by atoms with Crippen molar-refractivity contribution in [2.45, 2.75) is 25.3 Å². The molecular formula is C15H19N3S. The van der Waals surface area contributed by atoms with E-state index in [1.165, 1.54) is 41.7 Å². The van der Waals surface area contributed by atoms with Crippen molar-refractivity contribution < 1.29 is 0 Å². The SMILES string of the molecule is NC1CC[C@@H]2CN(c3nccc4sccc34)C[C@@H]2C1. The Balaban J connectivity index is 1.65. The van der Waals surface area contributed by atoms with E-state index < -0.39 is 0 Å². The summed E-state index contributed by atoms with van der Waals surface area (Å²) < 4.78 is 1.34. The van der Waals surface area contributed by atoms with Gasteiger partial charge in [0, 0.05) is 35.4 Å². The second-order valence-electron chi connectivity index (χ2n) is 5.97. The minimum Gasteiger partial charge on any atom is -0.356 e. The fourth-order valence-corrected chi connectivity index (χ4v) is 4.55. The summed E-state index contributed by atoms with van der Waals surface area (Å²) in [6.07, 6.45) is 5.63. The third-order valence-corrected chi connectivity index (χ3v) is 5.63. The van der Waals surface area contributed by atoms with Gasteiger partial charge in [-0.3, -0.25) is 0 Å². The van der Waals surface area contributed by atoms with E-state index in [1.807, 2.05) is 6.20 Å². The Morgan fingerprint density at radius 1 is 1.21 bits per heavy atom. The van der Waals surface area contributed by atoms with Crippen LogP contribution < -0.4 is 10.6 Å². The van der Waals surface area contributed by atoms with Crippen molar-refractivity contribution in [1.29, 1.82) is 0 Å². The predicted molar refractivity (Wildman–Crippen MR) is 80.6 cm³/mol. The molecule has 0 bridgehead atoms. The van der Waals surface area contributed by atoms with Gasteiger partial charge in [0.25, 0.3) is 0 Å². The van der Waals surface area contributed by atoms with Crippen LogP contribution in [0.5, 0.6) is 0 Å². The Morgan fingerprint density at radius 3 is 3.05 bits per heavy atom. The fraction of sp³-hybridized carbons (Fsp3) is 0.533. The topological polar surface area (TPSA) is 42.1 Å². The number of pyridine rings is 1. The van der Waals surface area contributed by atoms with Crippen LogP contribution in [-0.4, -0.2) is 24.1 Å². The van der Waals surface area contributed by atoms with Gasteiger partial charge in [-0.2, -0.15) is 0 Å². The average Bonchev–Trinajstić information content (AvgIpc) is 3.03. The molecule has 0 amide bonds. The Hall–Kier alpha value is -1.13. The predicted octanol–water partition coefficient (Wildman–Crippen LogP) is 2.86. The van der Waals surface area contributed by atoms with Crippen LogP contribution in [0.4, 0.5) is 5.82 Å². The van der Waals surface area contributed by atoms with Crippen molar-refractivity contribution in [3.63, 3.8) is 0 Å². The fourth-order valence-electron chi connectivity index (χ4n) is 3.77. The maximum absolute atomic E-state index is 6.12. The largest absolute Gasteiger partial charge is 0.356 e. The van der Waals surface area contributed by atoms with Gasteiger partial charge >= 0.3 is 0 Å². The lowest BCUT2D eigenvalue weighted by Gasteiger charge is -2.27. The van der Waals surface area contributed by atoms with Crippen LogP contribution in [0.15, 0.2) is 23.7 Å². The van der Waals surface area contributed by atoms with Crippen LogP contribution in [0.25, 0.3) is 10.1 Å². The molecule has 1 aliphatic carbocycles. The molecule has 1 aliphatic heterocycles. The monoisotopic (exact) mass is 273 g/mol. The van der Waals surface area contributed by atoms with Crippen LogP contribution in [0.1, 0.15) is 19.3 Å². The highest BCUT2D eigenvalue weighted by Crippen LogP contribution is 2.39. The lowest BCUT2D eigenvalue weighted by molar-refractivity contribution is 0.271. The molecule has 2 fully saturated rings. The molecule has 1 saturated heterocycles. The zero-order valence-electron chi connectivity index (χ0n) is 11.0. The molecule has 3 heterocycles. The maximum Gasteiger partial charge on any atom is 0.137 e. The molecule has 2 N–H and O–H groups in total. The smallest absolute Gasteiger partial charge is 0.137 e. The van der Waals surface area contributed by atoms with Crippen LogP contribution in [0.2, 0.25) is 0 Å². The van der Waals surface area contributed by atoms with Crippen molar-refractivity contribution in [2.75, 3.05) is 18.0 Å². The van der Waals surface area contributed by atoms with Crippen molar-refractivity contribution >= 4 is 27.2 Å². The number of nitrogens with zero attached hydrogens (tertiary/aromatic N) is 2. The third-order valence-electron chi connectivity index (χ3n) is 4.75. The average molecular weight is 273 g/mol. The molecule has 2 aliphatic rings. The molecule has 3 nitrogen and oxygen atoms in total. The molecule has 0 radical (unpaired) electrons. The summed E-state index contributed by atoms with van der Waals surface area (Å²) in [6, 6.07) is 4.74. The van der Waals surface area contributed by atoms with Gasteiger partial charge in [-0.05, 0) is 48.6 Å². The van der Waals surface area contributed by atoms with Gasteiger partial charge < -0.3 is 10.6 Å². The summed E-state index contributed by atoms with van der Waals surface area (Å²) in [6.45, 7) is 2.31. The quantitative estimate of drug-likeness (QED) is 0.868. The van der Waals surface area contributed by atoms with Crippen LogP contribution in [-0.2, 0) is 0 Å². The van der Waals surface area contributed by atoms with E-state index in [2.05, 4.69) is 27.4 Å². The van der Waals surface area contributed by atoms with Gasteiger partial charge in [0.2, 0.25) is 0 Å². The van der Waals surface area contributed by atoms with Crippen molar-refractivity contribution in [3.8, 4) is 0 Å². The molecule has 1 unspecified atom stereocenters. The zero-order chi connectivity index (χ0) is 12.8. The number of hydrogen-bond acceptors (Lipinski definition) is 4. The standard InChI is InChI=1S/C15H19N3S/c16-12-2-1-10-8-18(9-11(10)7-12)15-13-4-6-19-14(13)3-5-17-15/h3-6,10-12H,1-2,7-9,16H2/t10-,11+,12?/m1/s1.